The molecule has 0 radical (unpaired) electrons. The van der Waals surface area contributed by atoms with Crippen LogP contribution in [0.1, 0.15) is 32.6 Å². The Balaban J connectivity index is 2.23. The molecule has 18 heavy (non-hydrogen) atoms. The summed E-state index contributed by atoms with van der Waals surface area (Å²) in [5.74, 6) is -0.0363. The number of carbonyl (C=O) groups is 1. The van der Waals surface area contributed by atoms with Gasteiger partial charge >= 0.3 is 5.97 Å². The summed E-state index contributed by atoms with van der Waals surface area (Å²) in [7, 11) is 0. The molecule has 0 saturated heterocycles. The van der Waals surface area contributed by atoms with Crippen molar-refractivity contribution < 1.29 is 14.4 Å². The number of nitrogens with zero attached hydrogens (tertiary/aromatic N) is 2. The fourth-order valence-electron chi connectivity index (χ4n) is 1.77. The first kappa shape index (κ1) is 12.8. The van der Waals surface area contributed by atoms with Crippen molar-refractivity contribution in [2.45, 2.75) is 33.6 Å². The van der Waals surface area contributed by atoms with Crippen LogP contribution in [0.2, 0.25) is 0 Å². The lowest BCUT2D eigenvalue weighted by Crippen LogP contribution is -1.99. The van der Waals surface area contributed by atoms with Gasteiger partial charge in [-0.2, -0.15) is 0 Å². The van der Waals surface area contributed by atoms with Crippen molar-refractivity contribution in [3.63, 3.8) is 0 Å². The molecule has 1 N–H and O–H groups in total. The summed E-state index contributed by atoms with van der Waals surface area (Å²) in [5, 5.41) is 13.6. The van der Waals surface area contributed by atoms with Crippen molar-refractivity contribution in [3.05, 3.63) is 32.6 Å². The van der Waals surface area contributed by atoms with Crippen molar-refractivity contribution in [3.8, 4) is 0 Å². The van der Waals surface area contributed by atoms with E-state index in [2.05, 4.69) is 10.1 Å². The molecule has 0 spiro atoms. The standard InChI is InChI=1S/C12H14N2O3S/c1-6-9(8(3)17-14-6)4-11-13-7(2)10(18-11)5-12(15)16/h4-5H2,1-3H3,(H,15,16). The highest BCUT2D eigenvalue weighted by Gasteiger charge is 2.15. The minimum Gasteiger partial charge on any atom is -0.481 e. The van der Waals surface area contributed by atoms with Crippen LogP contribution in [0.25, 0.3) is 0 Å². The third kappa shape index (κ3) is 2.59. The Bertz CT molecular complexity index is 567. The maximum absolute atomic E-state index is 10.7. The first-order chi connectivity index (χ1) is 8.47. The molecule has 2 heterocycles. The highest BCUT2D eigenvalue weighted by Crippen LogP contribution is 2.24. The van der Waals surface area contributed by atoms with Gasteiger partial charge in [0.1, 0.15) is 5.76 Å². The fourth-order valence-corrected chi connectivity index (χ4v) is 2.84. The first-order valence-corrected chi connectivity index (χ1v) is 6.37. The third-order valence-corrected chi connectivity index (χ3v) is 3.92. The van der Waals surface area contributed by atoms with E-state index < -0.39 is 5.97 Å². The van der Waals surface area contributed by atoms with Gasteiger partial charge in [0.05, 0.1) is 22.8 Å². The SMILES string of the molecule is Cc1nc(Cc2c(C)noc2C)sc1CC(=O)O. The lowest BCUT2D eigenvalue weighted by molar-refractivity contribution is -0.136. The molecule has 0 aliphatic heterocycles. The predicted molar refractivity (Wildman–Crippen MR) is 67.0 cm³/mol. The molecule has 0 atom stereocenters. The molecular weight excluding hydrogens is 252 g/mol. The number of hydrogen-bond donors (Lipinski definition) is 1. The summed E-state index contributed by atoms with van der Waals surface area (Å²) < 4.78 is 5.10. The third-order valence-electron chi connectivity index (χ3n) is 2.76. The number of thiazole rings is 1. The van der Waals surface area contributed by atoms with Crippen LogP contribution in [-0.4, -0.2) is 21.2 Å². The van der Waals surface area contributed by atoms with E-state index in [0.717, 1.165) is 32.6 Å². The van der Waals surface area contributed by atoms with Crippen LogP contribution in [0.4, 0.5) is 0 Å². The molecule has 6 heteroatoms. The molecule has 2 aromatic heterocycles. The summed E-state index contributed by atoms with van der Waals surface area (Å²) in [6.45, 7) is 5.60. The number of carboxylic acid groups (broad SMARTS) is 1. The van der Waals surface area contributed by atoms with Gasteiger partial charge in [-0.05, 0) is 20.8 Å². The van der Waals surface area contributed by atoms with Gasteiger partial charge in [-0.25, -0.2) is 4.98 Å². The lowest BCUT2D eigenvalue weighted by Gasteiger charge is -1.94. The maximum atomic E-state index is 10.7. The Kier molecular flexibility index (Phi) is 3.47. The average molecular weight is 266 g/mol. The molecule has 96 valence electrons. The van der Waals surface area contributed by atoms with Gasteiger partial charge in [0.2, 0.25) is 0 Å². The second-order valence-corrected chi connectivity index (χ2v) is 5.33. The monoisotopic (exact) mass is 266 g/mol. The van der Waals surface area contributed by atoms with Crippen LogP contribution < -0.4 is 0 Å². The van der Waals surface area contributed by atoms with Gasteiger partial charge in [-0.3, -0.25) is 4.79 Å². The molecule has 2 rings (SSSR count). The summed E-state index contributed by atoms with van der Waals surface area (Å²) >= 11 is 1.44. The largest absolute Gasteiger partial charge is 0.481 e. The highest BCUT2D eigenvalue weighted by atomic mass is 32.1. The van der Waals surface area contributed by atoms with E-state index in [1.165, 1.54) is 11.3 Å². The van der Waals surface area contributed by atoms with Gasteiger partial charge in [0, 0.05) is 16.9 Å². The van der Waals surface area contributed by atoms with Gasteiger partial charge in [0.25, 0.3) is 0 Å². The Hall–Kier alpha value is -1.69. The molecule has 0 bridgehead atoms. The van der Waals surface area contributed by atoms with E-state index in [1.807, 2.05) is 20.8 Å². The normalized spacial score (nSPS) is 10.8. The van der Waals surface area contributed by atoms with Gasteiger partial charge < -0.3 is 9.63 Å². The topological polar surface area (TPSA) is 76.2 Å². The van der Waals surface area contributed by atoms with Crippen LogP contribution >= 0.6 is 11.3 Å². The van der Waals surface area contributed by atoms with Gasteiger partial charge in [-0.15, -0.1) is 11.3 Å². The van der Waals surface area contributed by atoms with Gasteiger partial charge in [-0.1, -0.05) is 5.16 Å². The molecule has 0 unspecified atom stereocenters. The number of rotatable bonds is 4. The smallest absolute Gasteiger partial charge is 0.308 e. The molecule has 0 saturated carbocycles. The molecule has 0 fully saturated rings. The van der Waals surface area contributed by atoms with E-state index in [-0.39, 0.29) is 6.42 Å². The van der Waals surface area contributed by atoms with E-state index in [4.69, 9.17) is 9.63 Å². The summed E-state index contributed by atoms with van der Waals surface area (Å²) in [6, 6.07) is 0. The Morgan fingerprint density at radius 1 is 1.33 bits per heavy atom. The van der Waals surface area contributed by atoms with Crippen LogP contribution in [0.15, 0.2) is 4.52 Å². The number of aromatic nitrogens is 2. The molecule has 0 aliphatic carbocycles. The van der Waals surface area contributed by atoms with Crippen LogP contribution in [0.5, 0.6) is 0 Å². The van der Waals surface area contributed by atoms with E-state index in [1.54, 1.807) is 0 Å². The quantitative estimate of drug-likeness (QED) is 0.918. The Labute approximate surface area is 108 Å². The fraction of sp³-hybridized carbons (Fsp3) is 0.417. The summed E-state index contributed by atoms with van der Waals surface area (Å²) in [4.78, 5) is 15.9. The van der Waals surface area contributed by atoms with Crippen LogP contribution in [-0.2, 0) is 17.6 Å². The van der Waals surface area contributed by atoms with Crippen LogP contribution in [0, 0.1) is 20.8 Å². The number of aliphatic carboxylic acids is 1. The van der Waals surface area contributed by atoms with E-state index in [9.17, 15) is 4.79 Å². The first-order valence-electron chi connectivity index (χ1n) is 5.56. The Morgan fingerprint density at radius 2 is 2.06 bits per heavy atom. The summed E-state index contributed by atoms with van der Waals surface area (Å²) in [5.41, 5.74) is 2.69. The number of hydrogen-bond acceptors (Lipinski definition) is 5. The molecule has 0 aliphatic rings. The van der Waals surface area contributed by atoms with Crippen molar-refractivity contribution >= 4 is 17.3 Å². The second-order valence-electron chi connectivity index (χ2n) is 4.17. The molecular formula is C12H14N2O3S. The minimum atomic E-state index is -0.828. The molecule has 0 aromatic carbocycles. The zero-order valence-electron chi connectivity index (χ0n) is 10.5. The van der Waals surface area contributed by atoms with Crippen molar-refractivity contribution in [1.82, 2.24) is 10.1 Å². The minimum absolute atomic E-state index is 0.0328. The van der Waals surface area contributed by atoms with Crippen LogP contribution in [0.3, 0.4) is 0 Å². The second kappa shape index (κ2) is 4.89. The predicted octanol–water partition coefficient (Wildman–Crippen LogP) is 2.27. The van der Waals surface area contributed by atoms with Crippen molar-refractivity contribution in [2.24, 2.45) is 0 Å². The summed E-state index contributed by atoms with van der Waals surface area (Å²) in [6.07, 6.45) is 0.678. The van der Waals surface area contributed by atoms with Gasteiger partial charge in [0.15, 0.2) is 0 Å². The number of aryl methyl sites for hydroxylation is 3. The molecule has 2 aromatic rings. The zero-order valence-corrected chi connectivity index (χ0v) is 11.3. The van der Waals surface area contributed by atoms with E-state index >= 15 is 0 Å². The number of carboxylic acids is 1. The van der Waals surface area contributed by atoms with Crippen molar-refractivity contribution in [2.75, 3.05) is 0 Å². The lowest BCUT2D eigenvalue weighted by atomic mass is 10.1. The molecule has 5 nitrogen and oxygen atoms in total. The molecule has 0 amide bonds. The van der Waals surface area contributed by atoms with Crippen molar-refractivity contribution in [1.29, 1.82) is 0 Å². The van der Waals surface area contributed by atoms with E-state index in [0.29, 0.717) is 6.42 Å². The highest BCUT2D eigenvalue weighted by molar-refractivity contribution is 7.11. The Morgan fingerprint density at radius 3 is 2.61 bits per heavy atom. The zero-order chi connectivity index (χ0) is 13.3. The maximum Gasteiger partial charge on any atom is 0.308 e. The average Bonchev–Trinajstić information content (AvgIpc) is 2.76.